The van der Waals surface area contributed by atoms with Gasteiger partial charge in [-0.2, -0.15) is 0 Å². The van der Waals surface area contributed by atoms with Gasteiger partial charge in [-0.1, -0.05) is 18.2 Å². The Morgan fingerprint density at radius 1 is 1.53 bits per heavy atom. The zero-order valence-electron chi connectivity index (χ0n) is 9.53. The summed E-state index contributed by atoms with van der Waals surface area (Å²) in [4.78, 5) is 10.1. The smallest absolute Gasteiger partial charge is 0.320 e. The first-order chi connectivity index (χ1) is 8.15. The van der Waals surface area contributed by atoms with Crippen molar-refractivity contribution >= 4 is 5.97 Å². The van der Waals surface area contributed by atoms with Crippen molar-refractivity contribution < 1.29 is 14.3 Å². The lowest BCUT2D eigenvalue weighted by atomic mass is 10.2. The largest absolute Gasteiger partial charge is 0.480 e. The van der Waals surface area contributed by atoms with Gasteiger partial charge < -0.3 is 16.2 Å². The fraction of sp³-hybridized carbons (Fsp3) is 0.417. The van der Waals surface area contributed by atoms with Crippen LogP contribution in [0.4, 0.5) is 4.39 Å². The molecule has 1 aliphatic heterocycles. The first-order valence-electron chi connectivity index (χ1n) is 5.55. The van der Waals surface area contributed by atoms with Crippen LogP contribution in [-0.2, 0) is 11.3 Å². The molecule has 0 radical (unpaired) electrons. The van der Waals surface area contributed by atoms with Crippen molar-refractivity contribution in [3.8, 4) is 0 Å². The van der Waals surface area contributed by atoms with E-state index in [9.17, 15) is 9.18 Å². The Morgan fingerprint density at radius 3 is 2.59 bits per heavy atom. The summed E-state index contributed by atoms with van der Waals surface area (Å²) < 4.78 is 12.5. The van der Waals surface area contributed by atoms with Crippen LogP contribution >= 0.6 is 0 Å². The highest BCUT2D eigenvalue weighted by atomic mass is 19.1. The van der Waals surface area contributed by atoms with E-state index >= 15 is 0 Å². The van der Waals surface area contributed by atoms with Gasteiger partial charge in [-0.3, -0.25) is 4.79 Å². The second-order valence-electron chi connectivity index (χ2n) is 3.78. The molecule has 2 rings (SSSR count). The molecular formula is C12H17FN2O2. The molecular weight excluding hydrogens is 223 g/mol. The molecule has 0 aliphatic carbocycles. The zero-order chi connectivity index (χ0) is 12.7. The maximum Gasteiger partial charge on any atom is 0.320 e. The number of rotatable bonds is 2. The van der Waals surface area contributed by atoms with Gasteiger partial charge in [0.05, 0.1) is 0 Å². The quantitative estimate of drug-likeness (QED) is 0.723. The minimum Gasteiger partial charge on any atom is -0.480 e. The number of carboxylic acids is 1. The summed E-state index contributed by atoms with van der Waals surface area (Å²) in [7, 11) is 0. The summed E-state index contributed by atoms with van der Waals surface area (Å²) in [5.41, 5.74) is 5.78. The molecule has 4 nitrogen and oxygen atoms in total. The molecule has 1 fully saturated rings. The second kappa shape index (κ2) is 6.98. The number of carbonyl (C=O) groups is 1. The van der Waals surface area contributed by atoms with Crippen LogP contribution in [0.3, 0.4) is 0 Å². The molecule has 5 heteroatoms. The number of nitrogens with two attached hydrogens (primary N) is 1. The highest BCUT2D eigenvalue weighted by Crippen LogP contribution is 2.04. The van der Waals surface area contributed by atoms with E-state index in [-0.39, 0.29) is 18.4 Å². The fourth-order valence-electron chi connectivity index (χ4n) is 1.56. The molecule has 0 aromatic heterocycles. The molecule has 1 aliphatic rings. The molecule has 0 amide bonds. The van der Waals surface area contributed by atoms with Crippen LogP contribution in [-0.4, -0.2) is 23.7 Å². The van der Waals surface area contributed by atoms with Crippen molar-refractivity contribution in [2.75, 3.05) is 6.54 Å². The Morgan fingerprint density at radius 2 is 2.24 bits per heavy atom. The van der Waals surface area contributed by atoms with Crippen molar-refractivity contribution in [3.05, 3.63) is 35.6 Å². The average Bonchev–Trinajstić information content (AvgIpc) is 2.84. The second-order valence-corrected chi connectivity index (χ2v) is 3.78. The highest BCUT2D eigenvalue weighted by molar-refractivity contribution is 5.73. The normalized spacial score (nSPS) is 18.4. The van der Waals surface area contributed by atoms with E-state index in [1.54, 1.807) is 18.2 Å². The maximum atomic E-state index is 12.5. The van der Waals surface area contributed by atoms with Crippen LogP contribution in [0.15, 0.2) is 24.3 Å². The summed E-state index contributed by atoms with van der Waals surface area (Å²) in [5.74, 6) is -0.942. The van der Waals surface area contributed by atoms with Crippen LogP contribution in [0.25, 0.3) is 0 Å². The summed E-state index contributed by atoms with van der Waals surface area (Å²) in [5, 5.41) is 11.2. The van der Waals surface area contributed by atoms with E-state index in [2.05, 4.69) is 5.32 Å². The van der Waals surface area contributed by atoms with E-state index in [1.807, 2.05) is 0 Å². The molecule has 4 N–H and O–H groups in total. The van der Waals surface area contributed by atoms with Crippen molar-refractivity contribution in [2.45, 2.75) is 25.4 Å². The van der Waals surface area contributed by atoms with Gasteiger partial charge in [0.1, 0.15) is 11.9 Å². The van der Waals surface area contributed by atoms with Crippen molar-refractivity contribution in [3.63, 3.8) is 0 Å². The number of benzene rings is 1. The molecule has 0 unspecified atom stereocenters. The fourth-order valence-corrected chi connectivity index (χ4v) is 1.56. The van der Waals surface area contributed by atoms with E-state index < -0.39 is 5.97 Å². The number of hydrogen-bond acceptors (Lipinski definition) is 3. The number of carboxylic acid groups (broad SMARTS) is 1. The third kappa shape index (κ3) is 4.50. The topological polar surface area (TPSA) is 75.4 Å². The summed E-state index contributed by atoms with van der Waals surface area (Å²) in [6.45, 7) is 1.13. The molecule has 1 aromatic rings. The standard InChI is InChI=1S/C7H8FN.C5H9NO2/c8-7-4-2-1-3-6(7)5-9;7-5(8)4-2-1-3-6-4/h1-4H,5,9H2;4,6H,1-3H2,(H,7,8)/t;4-/m.0/s1. The lowest BCUT2D eigenvalue weighted by Gasteiger charge is -1.99. The van der Waals surface area contributed by atoms with Crippen LogP contribution in [0.1, 0.15) is 18.4 Å². The van der Waals surface area contributed by atoms with Gasteiger partial charge in [0.15, 0.2) is 0 Å². The molecule has 0 bridgehead atoms. The Hall–Kier alpha value is -1.46. The number of halogens is 1. The van der Waals surface area contributed by atoms with E-state index in [0.29, 0.717) is 5.56 Å². The molecule has 17 heavy (non-hydrogen) atoms. The Kier molecular flexibility index (Phi) is 5.59. The zero-order valence-corrected chi connectivity index (χ0v) is 9.53. The van der Waals surface area contributed by atoms with Crippen molar-refractivity contribution in [1.29, 1.82) is 0 Å². The Bertz CT molecular complexity index is 365. The van der Waals surface area contributed by atoms with Gasteiger partial charge in [0.2, 0.25) is 0 Å². The summed E-state index contributed by atoms with van der Waals surface area (Å²) in [6.07, 6.45) is 1.78. The van der Waals surface area contributed by atoms with Crippen LogP contribution in [0.5, 0.6) is 0 Å². The van der Waals surface area contributed by atoms with E-state index in [4.69, 9.17) is 10.8 Å². The molecule has 1 atom stereocenters. The third-order valence-electron chi connectivity index (χ3n) is 2.54. The molecule has 0 spiro atoms. The molecule has 1 saturated heterocycles. The lowest BCUT2D eigenvalue weighted by molar-refractivity contribution is -0.139. The predicted molar refractivity (Wildman–Crippen MR) is 63.0 cm³/mol. The average molecular weight is 240 g/mol. The van der Waals surface area contributed by atoms with E-state index in [0.717, 1.165) is 19.4 Å². The van der Waals surface area contributed by atoms with Crippen LogP contribution in [0.2, 0.25) is 0 Å². The van der Waals surface area contributed by atoms with Crippen molar-refractivity contribution in [1.82, 2.24) is 5.32 Å². The monoisotopic (exact) mass is 240 g/mol. The first-order valence-corrected chi connectivity index (χ1v) is 5.55. The van der Waals surface area contributed by atoms with Gasteiger partial charge in [-0.05, 0) is 25.5 Å². The van der Waals surface area contributed by atoms with Gasteiger partial charge in [0, 0.05) is 12.1 Å². The van der Waals surface area contributed by atoms with E-state index in [1.165, 1.54) is 6.07 Å². The minimum atomic E-state index is -0.720. The Labute approximate surface area is 99.6 Å². The maximum absolute atomic E-state index is 12.5. The first kappa shape index (κ1) is 13.6. The predicted octanol–water partition coefficient (Wildman–Crippen LogP) is 1.11. The van der Waals surface area contributed by atoms with Gasteiger partial charge in [0.25, 0.3) is 0 Å². The SMILES string of the molecule is NCc1ccccc1F.O=C(O)[C@@H]1CCCN1. The molecule has 1 aromatic carbocycles. The van der Waals surface area contributed by atoms with Gasteiger partial charge >= 0.3 is 5.97 Å². The van der Waals surface area contributed by atoms with Gasteiger partial charge in [-0.25, -0.2) is 4.39 Å². The molecule has 1 heterocycles. The van der Waals surface area contributed by atoms with Crippen LogP contribution in [0, 0.1) is 5.82 Å². The van der Waals surface area contributed by atoms with Crippen molar-refractivity contribution in [2.24, 2.45) is 5.73 Å². The highest BCUT2D eigenvalue weighted by Gasteiger charge is 2.20. The Balaban J connectivity index is 0.000000171. The third-order valence-corrected chi connectivity index (χ3v) is 2.54. The van der Waals surface area contributed by atoms with Crippen LogP contribution < -0.4 is 11.1 Å². The number of aliphatic carboxylic acids is 1. The number of hydrogen-bond donors (Lipinski definition) is 3. The molecule has 0 saturated carbocycles. The molecule has 94 valence electrons. The van der Waals surface area contributed by atoms with Gasteiger partial charge in [-0.15, -0.1) is 0 Å². The summed E-state index contributed by atoms with van der Waals surface area (Å²) in [6, 6.07) is 6.23. The minimum absolute atomic E-state index is 0.222. The number of nitrogens with one attached hydrogen (secondary N) is 1. The summed E-state index contributed by atoms with van der Waals surface area (Å²) >= 11 is 0. The lowest BCUT2D eigenvalue weighted by Crippen LogP contribution is -2.29.